The molecule has 6 heteroatoms. The van der Waals surface area contributed by atoms with Gasteiger partial charge in [0, 0.05) is 16.8 Å². The van der Waals surface area contributed by atoms with Gasteiger partial charge in [0.15, 0.2) is 0 Å². The number of halogens is 1. The molecule has 5 nitrogen and oxygen atoms in total. The fourth-order valence-corrected chi connectivity index (χ4v) is 4.46. The Hall–Kier alpha value is -3.93. The molecule has 1 heterocycles. The third kappa shape index (κ3) is 4.44. The number of hydrogen-bond acceptors (Lipinski definition) is 4. The van der Waals surface area contributed by atoms with Crippen LogP contribution in [0.1, 0.15) is 55.0 Å². The van der Waals surface area contributed by atoms with E-state index in [0.717, 1.165) is 11.1 Å². The number of anilines is 1. The minimum absolute atomic E-state index is 0.0846. The highest BCUT2D eigenvalue weighted by Gasteiger charge is 2.47. The first-order valence-corrected chi connectivity index (χ1v) is 11.6. The van der Waals surface area contributed by atoms with E-state index in [2.05, 4.69) is 0 Å². The quantitative estimate of drug-likeness (QED) is 0.260. The molecular weight excluding hydrogens is 445 g/mol. The van der Waals surface area contributed by atoms with Crippen LogP contribution in [0.4, 0.5) is 10.1 Å². The number of aryl methyl sites for hydroxylation is 1. The van der Waals surface area contributed by atoms with Crippen molar-refractivity contribution in [2.45, 2.75) is 39.7 Å². The highest BCUT2D eigenvalue weighted by atomic mass is 19.1. The lowest BCUT2D eigenvalue weighted by Crippen LogP contribution is -2.29. The van der Waals surface area contributed by atoms with Gasteiger partial charge in [-0.25, -0.2) is 4.39 Å². The van der Waals surface area contributed by atoms with Crippen LogP contribution in [0.3, 0.4) is 0 Å². The van der Waals surface area contributed by atoms with E-state index in [1.165, 1.54) is 17.0 Å². The van der Waals surface area contributed by atoms with Gasteiger partial charge in [-0.2, -0.15) is 0 Å². The lowest BCUT2D eigenvalue weighted by Gasteiger charge is -2.26. The number of carbonyl (C=O) groups excluding carboxylic acids is 2. The number of Topliss-reactive ketones (excluding diaryl/α,β-unsaturated/α-hetero) is 1. The summed E-state index contributed by atoms with van der Waals surface area (Å²) in [5.74, 6) is -1.84. The van der Waals surface area contributed by atoms with E-state index in [-0.39, 0.29) is 22.8 Å². The van der Waals surface area contributed by atoms with E-state index in [9.17, 15) is 14.7 Å². The maximum Gasteiger partial charge on any atom is 0.300 e. The number of nitrogens with zero attached hydrogens (tertiary/aromatic N) is 1. The Kier molecular flexibility index (Phi) is 6.74. The molecular formula is C29H28FNO4. The molecule has 180 valence electrons. The minimum Gasteiger partial charge on any atom is -0.507 e. The molecule has 0 aromatic heterocycles. The van der Waals surface area contributed by atoms with Gasteiger partial charge in [0.25, 0.3) is 11.7 Å². The largest absolute Gasteiger partial charge is 0.507 e. The molecule has 1 N–H and O–H groups in total. The van der Waals surface area contributed by atoms with Crippen molar-refractivity contribution < 1.29 is 23.8 Å². The van der Waals surface area contributed by atoms with Crippen LogP contribution in [0.25, 0.3) is 5.76 Å². The molecule has 1 atom stereocenters. The lowest BCUT2D eigenvalue weighted by molar-refractivity contribution is -0.132. The Bertz CT molecular complexity index is 1330. The first kappa shape index (κ1) is 24.2. The Morgan fingerprint density at radius 2 is 1.80 bits per heavy atom. The summed E-state index contributed by atoms with van der Waals surface area (Å²) in [6, 6.07) is 17.1. The van der Waals surface area contributed by atoms with Gasteiger partial charge in [-0.1, -0.05) is 44.2 Å². The summed E-state index contributed by atoms with van der Waals surface area (Å²) in [7, 11) is 0. The van der Waals surface area contributed by atoms with Gasteiger partial charge in [-0.3, -0.25) is 14.5 Å². The molecule has 3 aromatic rings. The van der Waals surface area contributed by atoms with Gasteiger partial charge < -0.3 is 9.84 Å². The van der Waals surface area contributed by atoms with Crippen LogP contribution in [0, 0.1) is 12.7 Å². The zero-order valence-electron chi connectivity index (χ0n) is 20.2. The van der Waals surface area contributed by atoms with Crippen molar-refractivity contribution in [3.8, 4) is 5.75 Å². The molecule has 0 saturated carbocycles. The predicted molar refractivity (Wildman–Crippen MR) is 134 cm³/mol. The molecule has 0 aliphatic carbocycles. The summed E-state index contributed by atoms with van der Waals surface area (Å²) in [5.41, 5.74) is 2.52. The van der Waals surface area contributed by atoms with Crippen molar-refractivity contribution in [3.63, 3.8) is 0 Å². The van der Waals surface area contributed by atoms with Gasteiger partial charge in [0.05, 0.1) is 18.2 Å². The SMILES string of the molecule is CCOc1ccc(/C(O)=C2\C(=O)C(=O)N(c3cccc(C)c3)C2c2ccccc2F)cc1C(C)C. The van der Waals surface area contributed by atoms with Crippen LogP contribution < -0.4 is 9.64 Å². The van der Waals surface area contributed by atoms with Crippen molar-refractivity contribution in [1.29, 1.82) is 0 Å². The first-order valence-electron chi connectivity index (χ1n) is 11.6. The first-order chi connectivity index (χ1) is 16.7. The third-order valence-corrected chi connectivity index (χ3v) is 6.13. The number of ketones is 1. The average Bonchev–Trinajstić information content (AvgIpc) is 3.09. The zero-order valence-corrected chi connectivity index (χ0v) is 20.2. The third-order valence-electron chi connectivity index (χ3n) is 6.13. The van der Waals surface area contributed by atoms with E-state index < -0.39 is 23.5 Å². The second-order valence-corrected chi connectivity index (χ2v) is 8.87. The molecule has 0 spiro atoms. The molecule has 1 aliphatic rings. The standard InChI is InChI=1S/C29H28FNO4/c1-5-35-24-14-13-19(16-22(24)17(2)3)27(32)25-26(21-11-6-7-12-23(21)30)31(29(34)28(25)33)20-10-8-9-18(4)15-20/h6-17,26,32H,5H2,1-4H3/b27-25+. The number of amides is 1. The Morgan fingerprint density at radius 1 is 1.06 bits per heavy atom. The Balaban J connectivity index is 1.96. The Labute approximate surface area is 204 Å². The van der Waals surface area contributed by atoms with Crippen molar-refractivity contribution >= 4 is 23.1 Å². The second kappa shape index (κ2) is 9.74. The lowest BCUT2D eigenvalue weighted by atomic mass is 9.92. The van der Waals surface area contributed by atoms with Gasteiger partial charge in [-0.15, -0.1) is 0 Å². The smallest absolute Gasteiger partial charge is 0.300 e. The summed E-state index contributed by atoms with van der Waals surface area (Å²) in [6.07, 6.45) is 0. The van der Waals surface area contributed by atoms with E-state index in [1.807, 2.05) is 33.8 Å². The van der Waals surface area contributed by atoms with Gasteiger partial charge in [0.2, 0.25) is 0 Å². The summed E-state index contributed by atoms with van der Waals surface area (Å²) in [6.45, 7) is 8.24. The number of ether oxygens (including phenoxy) is 1. The predicted octanol–water partition coefficient (Wildman–Crippen LogP) is 6.28. The number of aliphatic hydroxyl groups excluding tert-OH is 1. The van der Waals surface area contributed by atoms with Crippen molar-refractivity contribution in [2.75, 3.05) is 11.5 Å². The zero-order chi connectivity index (χ0) is 25.3. The van der Waals surface area contributed by atoms with Crippen LogP contribution in [0.2, 0.25) is 0 Å². The molecule has 0 bridgehead atoms. The molecule has 1 amide bonds. The fourth-order valence-electron chi connectivity index (χ4n) is 4.46. The van der Waals surface area contributed by atoms with Crippen LogP contribution in [-0.2, 0) is 9.59 Å². The molecule has 3 aromatic carbocycles. The highest BCUT2D eigenvalue weighted by molar-refractivity contribution is 6.51. The van der Waals surface area contributed by atoms with Crippen LogP contribution in [-0.4, -0.2) is 23.4 Å². The molecule has 0 radical (unpaired) electrons. The highest BCUT2D eigenvalue weighted by Crippen LogP contribution is 2.43. The normalized spacial score (nSPS) is 17.3. The number of aliphatic hydroxyl groups is 1. The molecule has 35 heavy (non-hydrogen) atoms. The summed E-state index contributed by atoms with van der Waals surface area (Å²) < 4.78 is 20.8. The molecule has 1 unspecified atom stereocenters. The van der Waals surface area contributed by atoms with Crippen molar-refractivity contribution in [1.82, 2.24) is 0 Å². The van der Waals surface area contributed by atoms with Crippen LogP contribution in [0.5, 0.6) is 5.75 Å². The van der Waals surface area contributed by atoms with Gasteiger partial charge in [0.1, 0.15) is 17.3 Å². The van der Waals surface area contributed by atoms with E-state index >= 15 is 4.39 Å². The topological polar surface area (TPSA) is 66.8 Å². The number of carbonyl (C=O) groups is 2. The average molecular weight is 474 g/mol. The summed E-state index contributed by atoms with van der Waals surface area (Å²) >= 11 is 0. The number of hydrogen-bond donors (Lipinski definition) is 1. The molecule has 1 aliphatic heterocycles. The number of benzene rings is 3. The summed E-state index contributed by atoms with van der Waals surface area (Å²) in [5, 5.41) is 11.4. The fraction of sp³-hybridized carbons (Fsp3) is 0.241. The van der Waals surface area contributed by atoms with E-state index in [0.29, 0.717) is 23.6 Å². The Morgan fingerprint density at radius 3 is 2.46 bits per heavy atom. The van der Waals surface area contributed by atoms with Crippen LogP contribution >= 0.6 is 0 Å². The van der Waals surface area contributed by atoms with Crippen molar-refractivity contribution in [3.05, 3.63) is 100 Å². The maximum absolute atomic E-state index is 15.0. The van der Waals surface area contributed by atoms with Gasteiger partial charge in [-0.05, 0) is 67.3 Å². The minimum atomic E-state index is -1.12. The molecule has 4 rings (SSSR count). The van der Waals surface area contributed by atoms with E-state index in [4.69, 9.17) is 4.74 Å². The monoisotopic (exact) mass is 473 g/mol. The number of rotatable bonds is 6. The van der Waals surface area contributed by atoms with Gasteiger partial charge >= 0.3 is 0 Å². The van der Waals surface area contributed by atoms with Crippen molar-refractivity contribution in [2.24, 2.45) is 0 Å². The molecule has 1 saturated heterocycles. The van der Waals surface area contributed by atoms with E-state index in [1.54, 1.807) is 48.5 Å². The summed E-state index contributed by atoms with van der Waals surface area (Å²) in [4.78, 5) is 27.8. The van der Waals surface area contributed by atoms with Crippen LogP contribution in [0.15, 0.2) is 72.3 Å². The maximum atomic E-state index is 15.0. The second-order valence-electron chi connectivity index (χ2n) is 8.87. The molecule has 1 fully saturated rings.